The molecule has 0 spiro atoms. The zero-order valence-corrected chi connectivity index (χ0v) is 14.5. The van der Waals surface area contributed by atoms with E-state index in [1.165, 1.54) is 43.2 Å². The second-order valence-electron chi connectivity index (χ2n) is 6.60. The third-order valence-corrected chi connectivity index (χ3v) is 5.08. The van der Waals surface area contributed by atoms with Crippen LogP contribution in [-0.2, 0) is 12.8 Å². The Morgan fingerprint density at radius 1 is 1.09 bits per heavy atom. The van der Waals surface area contributed by atoms with Crippen LogP contribution in [0.15, 0.2) is 18.2 Å². The summed E-state index contributed by atoms with van der Waals surface area (Å²) in [5.74, 6) is 0.354. The number of hydrogen-bond donors (Lipinski definition) is 0. The van der Waals surface area contributed by atoms with Gasteiger partial charge >= 0.3 is 0 Å². The van der Waals surface area contributed by atoms with Crippen LogP contribution >= 0.6 is 12.4 Å². The van der Waals surface area contributed by atoms with Gasteiger partial charge < -0.3 is 0 Å². The highest BCUT2D eigenvalue weighted by atomic mass is 35.5. The molecular weight excluding hydrogens is 294 g/mol. The number of nitrogens with zero attached hydrogens (tertiary/aromatic N) is 1. The van der Waals surface area contributed by atoms with E-state index < -0.39 is 0 Å². The summed E-state index contributed by atoms with van der Waals surface area (Å²) in [7, 11) is 0. The zero-order chi connectivity index (χ0) is 14.7. The number of hydrogen-bond acceptors (Lipinski definition) is 2. The van der Waals surface area contributed by atoms with Gasteiger partial charge in [0.05, 0.1) is 6.04 Å². The van der Waals surface area contributed by atoms with E-state index in [0.29, 0.717) is 5.78 Å². The molecule has 1 aliphatic carbocycles. The van der Waals surface area contributed by atoms with Crippen molar-refractivity contribution >= 4 is 18.2 Å². The number of likely N-dealkylation sites (tertiary alicyclic amines) is 1. The molecule has 1 atom stereocenters. The minimum Gasteiger partial charge on any atom is -0.293 e. The molecule has 0 aromatic heterocycles. The summed E-state index contributed by atoms with van der Waals surface area (Å²) in [5, 5.41) is 0. The number of aryl methyl sites for hydroxylation is 2. The van der Waals surface area contributed by atoms with E-state index >= 15 is 0 Å². The number of fused-ring (bicyclic) bond motifs is 1. The lowest BCUT2D eigenvalue weighted by molar-refractivity contribution is 0.0837. The van der Waals surface area contributed by atoms with Crippen LogP contribution in [0.2, 0.25) is 0 Å². The van der Waals surface area contributed by atoms with Gasteiger partial charge in [-0.1, -0.05) is 25.5 Å². The molecule has 1 unspecified atom stereocenters. The summed E-state index contributed by atoms with van der Waals surface area (Å²) in [6, 6.07) is 6.58. The molecule has 1 aromatic carbocycles. The van der Waals surface area contributed by atoms with E-state index in [9.17, 15) is 4.79 Å². The summed E-state index contributed by atoms with van der Waals surface area (Å²) in [5.41, 5.74) is 3.83. The summed E-state index contributed by atoms with van der Waals surface area (Å²) >= 11 is 0. The van der Waals surface area contributed by atoms with Crippen molar-refractivity contribution in [1.82, 2.24) is 4.90 Å². The molecular formula is C19H28ClNO. The maximum Gasteiger partial charge on any atom is 0.179 e. The van der Waals surface area contributed by atoms with Crippen molar-refractivity contribution in [2.45, 2.75) is 64.3 Å². The standard InChI is InChI=1S/C19H27NO.ClH/c1-2-7-18(20-12-5-6-13-20)19(21)17-11-10-15-8-3-4-9-16(15)14-17;/h10-11,14,18H,2-9,12-13H2,1H3;1H. The molecule has 3 heteroatoms. The van der Waals surface area contributed by atoms with E-state index in [1.807, 2.05) is 0 Å². The van der Waals surface area contributed by atoms with E-state index in [4.69, 9.17) is 0 Å². The molecule has 22 heavy (non-hydrogen) atoms. The van der Waals surface area contributed by atoms with Gasteiger partial charge in [-0.3, -0.25) is 9.69 Å². The topological polar surface area (TPSA) is 20.3 Å². The average molecular weight is 322 g/mol. The molecule has 1 aliphatic heterocycles. The molecule has 0 N–H and O–H groups in total. The van der Waals surface area contributed by atoms with Gasteiger partial charge in [-0.15, -0.1) is 12.4 Å². The predicted octanol–water partition coefficient (Wildman–Crippen LogP) is 4.43. The maximum absolute atomic E-state index is 13.0. The molecule has 3 rings (SSSR count). The second kappa shape index (κ2) is 8.12. The normalized spacial score (nSPS) is 19.3. The molecule has 122 valence electrons. The Morgan fingerprint density at radius 2 is 1.77 bits per heavy atom. The van der Waals surface area contributed by atoms with E-state index in [2.05, 4.69) is 30.0 Å². The summed E-state index contributed by atoms with van der Waals surface area (Å²) in [4.78, 5) is 15.4. The van der Waals surface area contributed by atoms with E-state index in [-0.39, 0.29) is 18.4 Å². The first kappa shape index (κ1) is 17.5. The van der Waals surface area contributed by atoms with Crippen LogP contribution in [0.4, 0.5) is 0 Å². The van der Waals surface area contributed by atoms with Crippen LogP contribution in [0.1, 0.15) is 66.9 Å². The predicted molar refractivity (Wildman–Crippen MR) is 94.2 cm³/mol. The molecule has 1 fully saturated rings. The fourth-order valence-corrected chi connectivity index (χ4v) is 3.89. The molecule has 0 bridgehead atoms. The highest BCUT2D eigenvalue weighted by Gasteiger charge is 2.28. The Kier molecular flexibility index (Phi) is 6.46. The number of carbonyl (C=O) groups is 1. The van der Waals surface area contributed by atoms with Gasteiger partial charge in [0.2, 0.25) is 0 Å². The first-order valence-electron chi connectivity index (χ1n) is 8.69. The number of ketones is 1. The van der Waals surface area contributed by atoms with Gasteiger partial charge in [-0.2, -0.15) is 0 Å². The van der Waals surface area contributed by atoms with Gasteiger partial charge in [0.15, 0.2) is 5.78 Å². The molecule has 2 aliphatic rings. The summed E-state index contributed by atoms with van der Waals surface area (Å²) < 4.78 is 0. The first-order chi connectivity index (χ1) is 10.3. The number of benzene rings is 1. The van der Waals surface area contributed by atoms with Crippen LogP contribution < -0.4 is 0 Å². The average Bonchev–Trinajstić information content (AvgIpc) is 3.05. The Balaban J connectivity index is 0.00000176. The van der Waals surface area contributed by atoms with Crippen LogP contribution in [-0.4, -0.2) is 29.8 Å². The number of Topliss-reactive ketones (excluding diaryl/α,β-unsaturated/α-hetero) is 1. The Hall–Kier alpha value is -0.860. The molecule has 0 amide bonds. The molecule has 0 radical (unpaired) electrons. The Morgan fingerprint density at radius 3 is 2.45 bits per heavy atom. The van der Waals surface area contributed by atoms with Gasteiger partial charge in [-0.25, -0.2) is 0 Å². The van der Waals surface area contributed by atoms with E-state index in [0.717, 1.165) is 37.9 Å². The Labute approximate surface area is 140 Å². The van der Waals surface area contributed by atoms with E-state index in [1.54, 1.807) is 0 Å². The minimum absolute atomic E-state index is 0. The Bertz CT molecular complexity index is 508. The van der Waals surface area contributed by atoms with Crippen molar-refractivity contribution in [2.24, 2.45) is 0 Å². The quantitative estimate of drug-likeness (QED) is 0.747. The highest BCUT2D eigenvalue weighted by Crippen LogP contribution is 2.25. The van der Waals surface area contributed by atoms with Crippen LogP contribution in [0.3, 0.4) is 0 Å². The zero-order valence-electron chi connectivity index (χ0n) is 13.6. The minimum atomic E-state index is 0. The monoisotopic (exact) mass is 321 g/mol. The second-order valence-corrected chi connectivity index (χ2v) is 6.60. The molecule has 1 aromatic rings. The van der Waals surface area contributed by atoms with Crippen molar-refractivity contribution in [3.63, 3.8) is 0 Å². The van der Waals surface area contributed by atoms with Gasteiger partial charge in [-0.05, 0) is 75.2 Å². The van der Waals surface area contributed by atoms with Gasteiger partial charge in [0.1, 0.15) is 0 Å². The lowest BCUT2D eigenvalue weighted by Gasteiger charge is -2.26. The number of halogens is 1. The van der Waals surface area contributed by atoms with Crippen molar-refractivity contribution in [1.29, 1.82) is 0 Å². The molecule has 1 saturated heterocycles. The third kappa shape index (κ3) is 3.72. The van der Waals surface area contributed by atoms with Crippen LogP contribution in [0.25, 0.3) is 0 Å². The summed E-state index contributed by atoms with van der Waals surface area (Å²) in [6.07, 6.45) is 9.48. The van der Waals surface area contributed by atoms with Crippen LogP contribution in [0.5, 0.6) is 0 Å². The van der Waals surface area contributed by atoms with Crippen molar-refractivity contribution in [3.8, 4) is 0 Å². The van der Waals surface area contributed by atoms with Gasteiger partial charge in [0, 0.05) is 5.56 Å². The largest absolute Gasteiger partial charge is 0.293 e. The van der Waals surface area contributed by atoms with Crippen LogP contribution in [0, 0.1) is 0 Å². The highest BCUT2D eigenvalue weighted by molar-refractivity contribution is 6.00. The fourth-order valence-electron chi connectivity index (χ4n) is 3.89. The third-order valence-electron chi connectivity index (χ3n) is 5.08. The molecule has 2 nitrogen and oxygen atoms in total. The lowest BCUT2D eigenvalue weighted by Crippen LogP contribution is -2.39. The van der Waals surface area contributed by atoms with Crippen molar-refractivity contribution in [3.05, 3.63) is 34.9 Å². The lowest BCUT2D eigenvalue weighted by atomic mass is 9.88. The number of rotatable bonds is 5. The molecule has 0 saturated carbocycles. The fraction of sp³-hybridized carbons (Fsp3) is 0.632. The SMILES string of the molecule is CCCC(C(=O)c1ccc2c(c1)CCCC2)N1CCCC1.Cl. The smallest absolute Gasteiger partial charge is 0.179 e. The van der Waals surface area contributed by atoms with Crippen molar-refractivity contribution in [2.75, 3.05) is 13.1 Å². The maximum atomic E-state index is 13.0. The first-order valence-corrected chi connectivity index (χ1v) is 8.69. The summed E-state index contributed by atoms with van der Waals surface area (Å²) in [6.45, 7) is 4.38. The van der Waals surface area contributed by atoms with Gasteiger partial charge in [0.25, 0.3) is 0 Å². The van der Waals surface area contributed by atoms with Crippen molar-refractivity contribution < 1.29 is 4.79 Å². The number of carbonyl (C=O) groups excluding carboxylic acids is 1. The molecule has 1 heterocycles.